The highest BCUT2D eigenvalue weighted by molar-refractivity contribution is 5.65. The summed E-state index contributed by atoms with van der Waals surface area (Å²) in [7, 11) is 0. The van der Waals surface area contributed by atoms with Crippen molar-refractivity contribution in [2.45, 2.75) is 31.7 Å². The molecule has 4 heteroatoms. The fourth-order valence-corrected chi connectivity index (χ4v) is 2.61. The van der Waals surface area contributed by atoms with E-state index in [4.69, 9.17) is 10.2 Å². The van der Waals surface area contributed by atoms with Crippen LogP contribution in [0.4, 0.5) is 4.79 Å². The first kappa shape index (κ1) is 9.77. The summed E-state index contributed by atoms with van der Waals surface area (Å²) in [4.78, 5) is 12.3. The van der Waals surface area contributed by atoms with Crippen LogP contribution in [0.3, 0.4) is 0 Å². The lowest BCUT2D eigenvalue weighted by molar-refractivity contribution is 0.117. The minimum Gasteiger partial charge on any atom is -0.465 e. The average molecular weight is 199 g/mol. The Bertz CT molecular complexity index is 227. The first-order chi connectivity index (χ1) is 6.72. The molecule has 2 atom stereocenters. The summed E-state index contributed by atoms with van der Waals surface area (Å²) < 4.78 is 0. The lowest BCUT2D eigenvalue weighted by Crippen LogP contribution is -2.36. The highest BCUT2D eigenvalue weighted by atomic mass is 16.4. The van der Waals surface area contributed by atoms with Gasteiger partial charge in [-0.3, -0.25) is 0 Å². The summed E-state index contributed by atoms with van der Waals surface area (Å²) in [6.07, 6.45) is 3.75. The Labute approximate surface area is 83.5 Å². The van der Waals surface area contributed by atoms with Gasteiger partial charge in [0.15, 0.2) is 0 Å². The van der Waals surface area contributed by atoms with E-state index < -0.39 is 6.09 Å². The molecular formula is C10H17NO3. The van der Waals surface area contributed by atoms with Gasteiger partial charge in [-0.05, 0) is 18.3 Å². The molecule has 1 unspecified atom stereocenters. The van der Waals surface area contributed by atoms with Crippen molar-refractivity contribution in [3.05, 3.63) is 0 Å². The Morgan fingerprint density at radius 2 is 2.07 bits per heavy atom. The van der Waals surface area contributed by atoms with E-state index in [0.29, 0.717) is 18.4 Å². The second kappa shape index (κ2) is 3.77. The Morgan fingerprint density at radius 1 is 1.36 bits per heavy atom. The van der Waals surface area contributed by atoms with Crippen LogP contribution in [0.25, 0.3) is 0 Å². The van der Waals surface area contributed by atoms with E-state index in [1.54, 1.807) is 0 Å². The van der Waals surface area contributed by atoms with Crippen molar-refractivity contribution in [3.63, 3.8) is 0 Å². The number of carboxylic acid groups (broad SMARTS) is 1. The van der Waals surface area contributed by atoms with E-state index in [0.717, 1.165) is 6.42 Å². The number of rotatable bonds is 2. The van der Waals surface area contributed by atoms with Gasteiger partial charge in [-0.25, -0.2) is 4.79 Å². The molecule has 1 aliphatic heterocycles. The number of aliphatic hydroxyl groups is 1. The fraction of sp³-hybridized carbons (Fsp3) is 0.900. The Morgan fingerprint density at radius 3 is 2.43 bits per heavy atom. The molecule has 2 rings (SSSR count). The molecule has 1 heterocycles. The highest BCUT2D eigenvalue weighted by Crippen LogP contribution is 2.39. The molecule has 0 spiro atoms. The summed E-state index contributed by atoms with van der Waals surface area (Å²) >= 11 is 0. The van der Waals surface area contributed by atoms with Crippen molar-refractivity contribution in [2.24, 2.45) is 11.8 Å². The molecular weight excluding hydrogens is 182 g/mol. The van der Waals surface area contributed by atoms with Crippen molar-refractivity contribution in [3.8, 4) is 0 Å². The number of aliphatic hydroxyl groups excluding tert-OH is 1. The van der Waals surface area contributed by atoms with Gasteiger partial charge in [0.25, 0.3) is 0 Å². The van der Waals surface area contributed by atoms with Crippen molar-refractivity contribution in [1.82, 2.24) is 4.90 Å². The second-order valence-corrected chi connectivity index (χ2v) is 4.46. The predicted octanol–water partition coefficient (Wildman–Crippen LogP) is 1.15. The smallest absolute Gasteiger partial charge is 0.407 e. The number of hydrogen-bond acceptors (Lipinski definition) is 2. The Kier molecular flexibility index (Phi) is 2.63. The molecule has 2 aliphatic rings. The SMILES string of the molecule is O=C(O)N1CC(C2CCC2)C[C@@H]1CO. The molecule has 1 aliphatic carbocycles. The zero-order chi connectivity index (χ0) is 10.1. The maximum Gasteiger partial charge on any atom is 0.407 e. The number of likely N-dealkylation sites (tertiary alicyclic amines) is 1. The van der Waals surface area contributed by atoms with Crippen molar-refractivity contribution < 1.29 is 15.0 Å². The molecule has 1 amide bonds. The molecule has 2 fully saturated rings. The van der Waals surface area contributed by atoms with Crippen LogP contribution in [-0.4, -0.2) is 40.4 Å². The van der Waals surface area contributed by atoms with Crippen LogP contribution in [0.15, 0.2) is 0 Å². The molecule has 14 heavy (non-hydrogen) atoms. The molecule has 0 bridgehead atoms. The minimum absolute atomic E-state index is 0.0322. The quantitative estimate of drug-likeness (QED) is 0.701. The van der Waals surface area contributed by atoms with Crippen molar-refractivity contribution >= 4 is 6.09 Å². The highest BCUT2D eigenvalue weighted by Gasteiger charge is 2.39. The molecule has 1 saturated heterocycles. The summed E-state index contributed by atoms with van der Waals surface area (Å²) in [6, 6.07) is -0.155. The van der Waals surface area contributed by atoms with Crippen LogP contribution in [0.1, 0.15) is 25.7 Å². The molecule has 80 valence electrons. The van der Waals surface area contributed by atoms with Crippen molar-refractivity contribution in [1.29, 1.82) is 0 Å². The van der Waals surface area contributed by atoms with Crippen LogP contribution < -0.4 is 0 Å². The number of carbonyl (C=O) groups is 1. The van der Waals surface area contributed by atoms with Crippen LogP contribution in [-0.2, 0) is 0 Å². The maximum atomic E-state index is 10.9. The van der Waals surface area contributed by atoms with E-state index >= 15 is 0 Å². The molecule has 1 saturated carbocycles. The summed E-state index contributed by atoms with van der Waals surface area (Å²) in [5.74, 6) is 1.21. The topological polar surface area (TPSA) is 60.8 Å². The van der Waals surface area contributed by atoms with Crippen molar-refractivity contribution in [2.75, 3.05) is 13.2 Å². The molecule has 2 N–H and O–H groups in total. The summed E-state index contributed by atoms with van der Waals surface area (Å²) in [6.45, 7) is 0.598. The normalized spacial score (nSPS) is 33.1. The number of hydrogen-bond donors (Lipinski definition) is 2. The van der Waals surface area contributed by atoms with Gasteiger partial charge in [0.1, 0.15) is 0 Å². The van der Waals surface area contributed by atoms with Gasteiger partial charge in [-0.15, -0.1) is 0 Å². The van der Waals surface area contributed by atoms with Gasteiger partial charge in [0.2, 0.25) is 0 Å². The lowest BCUT2D eigenvalue weighted by Gasteiger charge is -2.30. The zero-order valence-electron chi connectivity index (χ0n) is 8.22. The third-order valence-corrected chi connectivity index (χ3v) is 3.72. The van der Waals surface area contributed by atoms with Gasteiger partial charge in [0, 0.05) is 6.54 Å². The molecule has 0 radical (unpaired) electrons. The number of nitrogens with zero attached hydrogens (tertiary/aromatic N) is 1. The van der Waals surface area contributed by atoms with Gasteiger partial charge in [-0.1, -0.05) is 19.3 Å². The third-order valence-electron chi connectivity index (χ3n) is 3.72. The molecule has 0 aromatic heterocycles. The lowest BCUT2D eigenvalue weighted by atomic mass is 9.75. The maximum absolute atomic E-state index is 10.9. The van der Waals surface area contributed by atoms with E-state index in [2.05, 4.69) is 0 Å². The summed E-state index contributed by atoms with van der Waals surface area (Å²) in [5.41, 5.74) is 0. The third kappa shape index (κ3) is 1.59. The first-order valence-electron chi connectivity index (χ1n) is 5.32. The zero-order valence-corrected chi connectivity index (χ0v) is 8.22. The van der Waals surface area contributed by atoms with Gasteiger partial charge >= 0.3 is 6.09 Å². The minimum atomic E-state index is -0.883. The molecule has 0 aromatic carbocycles. The molecule has 0 aromatic rings. The monoisotopic (exact) mass is 199 g/mol. The van der Waals surface area contributed by atoms with E-state index in [1.807, 2.05) is 0 Å². The van der Waals surface area contributed by atoms with E-state index in [-0.39, 0.29) is 12.6 Å². The number of amides is 1. The van der Waals surface area contributed by atoms with Gasteiger partial charge < -0.3 is 15.1 Å². The summed E-state index contributed by atoms with van der Waals surface area (Å²) in [5, 5.41) is 18.0. The van der Waals surface area contributed by atoms with E-state index in [1.165, 1.54) is 24.2 Å². The van der Waals surface area contributed by atoms with Crippen LogP contribution >= 0.6 is 0 Å². The largest absolute Gasteiger partial charge is 0.465 e. The molecule has 4 nitrogen and oxygen atoms in total. The standard InChI is InChI=1S/C10H17NO3/c12-6-9-4-8(7-2-1-3-7)5-11(9)10(13)14/h7-9,12H,1-6H2,(H,13,14)/t8?,9-/m1/s1. The fourth-order valence-electron chi connectivity index (χ4n) is 2.61. The van der Waals surface area contributed by atoms with Crippen LogP contribution in [0, 0.1) is 11.8 Å². The van der Waals surface area contributed by atoms with E-state index in [9.17, 15) is 4.79 Å². The Balaban J connectivity index is 1.96. The second-order valence-electron chi connectivity index (χ2n) is 4.46. The first-order valence-corrected chi connectivity index (χ1v) is 5.32. The van der Waals surface area contributed by atoms with Gasteiger partial charge in [0.05, 0.1) is 12.6 Å². The predicted molar refractivity (Wildman–Crippen MR) is 51.1 cm³/mol. The van der Waals surface area contributed by atoms with Gasteiger partial charge in [-0.2, -0.15) is 0 Å². The van der Waals surface area contributed by atoms with Crippen LogP contribution in [0.2, 0.25) is 0 Å². The Hall–Kier alpha value is -0.770. The average Bonchev–Trinajstić information content (AvgIpc) is 2.45. The van der Waals surface area contributed by atoms with Crippen LogP contribution in [0.5, 0.6) is 0 Å².